The van der Waals surface area contributed by atoms with Crippen LogP contribution in [0.4, 0.5) is 24.5 Å². The van der Waals surface area contributed by atoms with Crippen molar-refractivity contribution in [1.82, 2.24) is 0 Å². The van der Waals surface area contributed by atoms with Crippen LogP contribution in [-0.2, 0) is 6.18 Å². The first-order valence-electron chi connectivity index (χ1n) is 3.84. The Hall–Kier alpha value is -1.90. The van der Waals surface area contributed by atoms with E-state index in [4.69, 9.17) is 11.6 Å². The molecular weight excluding hydrogens is 269 g/mol. The van der Waals surface area contributed by atoms with Gasteiger partial charge in [-0.15, -0.1) is 0 Å². The molecule has 1 rings (SSSR count). The van der Waals surface area contributed by atoms with Crippen molar-refractivity contribution in [1.29, 1.82) is 0 Å². The summed E-state index contributed by atoms with van der Waals surface area (Å²) in [6, 6.07) is 0.920. The van der Waals surface area contributed by atoms with Crippen molar-refractivity contribution in [3.8, 4) is 0 Å². The molecular formula is C7H2ClF3N2O4. The molecule has 0 amide bonds. The number of alkyl halides is 3. The molecule has 0 atom stereocenters. The molecule has 0 N–H and O–H groups in total. The van der Waals surface area contributed by atoms with Gasteiger partial charge < -0.3 is 0 Å². The minimum Gasteiger partial charge on any atom is -0.258 e. The van der Waals surface area contributed by atoms with Crippen LogP contribution < -0.4 is 0 Å². The van der Waals surface area contributed by atoms with Crippen molar-refractivity contribution >= 4 is 23.0 Å². The number of benzene rings is 1. The third-order valence-electron chi connectivity index (χ3n) is 1.77. The van der Waals surface area contributed by atoms with Crippen LogP contribution in [0.15, 0.2) is 12.1 Å². The molecule has 0 aliphatic rings. The lowest BCUT2D eigenvalue weighted by Crippen LogP contribution is -2.10. The number of halogens is 4. The van der Waals surface area contributed by atoms with Crippen molar-refractivity contribution in [2.75, 3.05) is 0 Å². The summed E-state index contributed by atoms with van der Waals surface area (Å²) in [6.45, 7) is 0. The minimum atomic E-state index is -5.07. The lowest BCUT2D eigenvalue weighted by molar-refractivity contribution is -0.424. The summed E-state index contributed by atoms with van der Waals surface area (Å²) in [5.74, 6) is 0. The van der Waals surface area contributed by atoms with Gasteiger partial charge in [-0.2, -0.15) is 13.2 Å². The first-order valence-corrected chi connectivity index (χ1v) is 4.22. The highest BCUT2D eigenvalue weighted by Gasteiger charge is 2.44. The molecule has 0 bridgehead atoms. The fraction of sp³-hybridized carbons (Fsp3) is 0.143. The molecule has 17 heavy (non-hydrogen) atoms. The van der Waals surface area contributed by atoms with Gasteiger partial charge in [-0.1, -0.05) is 11.6 Å². The highest BCUT2D eigenvalue weighted by molar-refractivity contribution is 6.33. The molecule has 0 heterocycles. The molecule has 0 spiro atoms. The quantitative estimate of drug-likeness (QED) is 0.610. The van der Waals surface area contributed by atoms with E-state index in [1.807, 2.05) is 0 Å². The van der Waals surface area contributed by atoms with Gasteiger partial charge in [-0.25, -0.2) is 0 Å². The van der Waals surface area contributed by atoms with Gasteiger partial charge in [-0.05, 0) is 12.1 Å². The molecule has 0 unspecified atom stereocenters. The van der Waals surface area contributed by atoms with Crippen LogP contribution >= 0.6 is 11.6 Å². The number of hydrogen-bond donors (Lipinski definition) is 0. The predicted octanol–water partition coefficient (Wildman–Crippen LogP) is 3.18. The second-order valence-electron chi connectivity index (χ2n) is 2.80. The number of hydrogen-bond acceptors (Lipinski definition) is 4. The van der Waals surface area contributed by atoms with Crippen molar-refractivity contribution in [2.24, 2.45) is 0 Å². The van der Waals surface area contributed by atoms with E-state index >= 15 is 0 Å². The molecule has 0 aliphatic heterocycles. The van der Waals surface area contributed by atoms with Gasteiger partial charge in [0.15, 0.2) is 0 Å². The molecule has 0 fully saturated rings. The van der Waals surface area contributed by atoms with E-state index in [2.05, 4.69) is 0 Å². The highest BCUT2D eigenvalue weighted by atomic mass is 35.5. The molecule has 6 nitrogen and oxygen atoms in total. The molecule has 0 saturated carbocycles. The Kier molecular flexibility index (Phi) is 3.23. The Morgan fingerprint density at radius 3 is 1.88 bits per heavy atom. The Bertz CT molecular complexity index is 503. The summed E-state index contributed by atoms with van der Waals surface area (Å²) in [5, 5.41) is 20.2. The van der Waals surface area contributed by atoms with Gasteiger partial charge in [0.25, 0.3) is 0 Å². The first kappa shape index (κ1) is 13.2. The van der Waals surface area contributed by atoms with E-state index in [1.54, 1.807) is 0 Å². The highest BCUT2D eigenvalue weighted by Crippen LogP contribution is 2.44. The Balaban J connectivity index is 3.72. The molecule has 1 aromatic rings. The zero-order valence-corrected chi connectivity index (χ0v) is 8.45. The van der Waals surface area contributed by atoms with E-state index in [1.165, 1.54) is 0 Å². The summed E-state index contributed by atoms with van der Waals surface area (Å²) in [7, 11) is 0. The summed E-state index contributed by atoms with van der Waals surface area (Å²) in [6.07, 6.45) is -5.07. The van der Waals surface area contributed by atoms with Crippen LogP contribution in [0.2, 0.25) is 5.02 Å². The second-order valence-corrected chi connectivity index (χ2v) is 3.21. The van der Waals surface area contributed by atoms with Crippen molar-refractivity contribution in [3.05, 3.63) is 42.9 Å². The van der Waals surface area contributed by atoms with Crippen LogP contribution in [0, 0.1) is 20.2 Å². The Morgan fingerprint density at radius 2 is 1.53 bits per heavy atom. The van der Waals surface area contributed by atoms with E-state index in [9.17, 15) is 33.4 Å². The van der Waals surface area contributed by atoms with Crippen LogP contribution in [0.25, 0.3) is 0 Å². The van der Waals surface area contributed by atoms with Gasteiger partial charge in [0, 0.05) is 0 Å². The van der Waals surface area contributed by atoms with Crippen molar-refractivity contribution in [2.45, 2.75) is 6.18 Å². The molecule has 0 radical (unpaired) electrons. The predicted molar refractivity (Wildman–Crippen MR) is 49.8 cm³/mol. The SMILES string of the molecule is O=[N+]([O-])c1c(Cl)ccc(C(F)(F)F)c1[N+](=O)[O-]. The summed E-state index contributed by atoms with van der Waals surface area (Å²) < 4.78 is 37.2. The Morgan fingerprint density at radius 1 is 1.06 bits per heavy atom. The number of nitrogens with zero attached hydrogens (tertiary/aromatic N) is 2. The molecule has 92 valence electrons. The second kappa shape index (κ2) is 4.17. The third kappa shape index (κ3) is 2.44. The maximum atomic E-state index is 12.4. The lowest BCUT2D eigenvalue weighted by Gasteiger charge is -2.07. The zero-order valence-electron chi connectivity index (χ0n) is 7.69. The molecule has 1 aromatic carbocycles. The monoisotopic (exact) mass is 270 g/mol. The maximum absolute atomic E-state index is 12.4. The third-order valence-corrected chi connectivity index (χ3v) is 2.08. The summed E-state index contributed by atoms with van der Waals surface area (Å²) in [4.78, 5) is 18.2. The van der Waals surface area contributed by atoms with E-state index in [-0.39, 0.29) is 0 Å². The van der Waals surface area contributed by atoms with Gasteiger partial charge >= 0.3 is 17.6 Å². The number of nitro benzene ring substituents is 2. The molecule has 10 heteroatoms. The Labute approximate surface area is 95.9 Å². The van der Waals surface area contributed by atoms with Crippen molar-refractivity contribution in [3.63, 3.8) is 0 Å². The van der Waals surface area contributed by atoms with Crippen LogP contribution in [0.3, 0.4) is 0 Å². The normalized spacial score (nSPS) is 11.3. The number of nitro groups is 2. The molecule has 0 aromatic heterocycles. The average molecular weight is 271 g/mol. The van der Waals surface area contributed by atoms with E-state index < -0.39 is 38.0 Å². The van der Waals surface area contributed by atoms with Crippen LogP contribution in [0.1, 0.15) is 5.56 Å². The number of rotatable bonds is 2. The fourth-order valence-corrected chi connectivity index (χ4v) is 1.36. The largest absolute Gasteiger partial charge is 0.423 e. The van der Waals surface area contributed by atoms with Crippen LogP contribution in [0.5, 0.6) is 0 Å². The fourth-order valence-electron chi connectivity index (χ4n) is 1.14. The first-order chi connectivity index (χ1) is 7.66. The minimum absolute atomic E-state index is 0.327. The van der Waals surface area contributed by atoms with Crippen molar-refractivity contribution < 1.29 is 23.0 Å². The lowest BCUT2D eigenvalue weighted by atomic mass is 10.1. The van der Waals surface area contributed by atoms with Gasteiger partial charge in [-0.3, -0.25) is 20.2 Å². The van der Waals surface area contributed by atoms with E-state index in [0.717, 1.165) is 0 Å². The molecule has 0 saturated heterocycles. The summed E-state index contributed by atoms with van der Waals surface area (Å²) >= 11 is 5.28. The van der Waals surface area contributed by atoms with Crippen LogP contribution in [-0.4, -0.2) is 9.85 Å². The smallest absolute Gasteiger partial charge is 0.258 e. The average Bonchev–Trinajstić information content (AvgIpc) is 2.14. The van der Waals surface area contributed by atoms with Gasteiger partial charge in [0.2, 0.25) is 0 Å². The van der Waals surface area contributed by atoms with E-state index in [0.29, 0.717) is 12.1 Å². The standard InChI is InChI=1S/C7H2ClF3N2O4/c8-4-2-1-3(7(9,10)11)5(12(14)15)6(4)13(16)17/h1-2H. The topological polar surface area (TPSA) is 86.3 Å². The zero-order chi connectivity index (χ0) is 13.4. The van der Waals surface area contributed by atoms with Gasteiger partial charge in [0.1, 0.15) is 10.6 Å². The van der Waals surface area contributed by atoms with Gasteiger partial charge in [0.05, 0.1) is 9.85 Å². The maximum Gasteiger partial charge on any atom is 0.423 e. The summed E-state index contributed by atoms with van der Waals surface area (Å²) in [5.41, 5.74) is -4.74. The molecule has 0 aliphatic carbocycles.